The van der Waals surface area contributed by atoms with Gasteiger partial charge in [0.15, 0.2) is 0 Å². The normalized spacial score (nSPS) is 19.8. The molecule has 1 aliphatic rings. The van der Waals surface area contributed by atoms with Crippen molar-refractivity contribution in [2.24, 2.45) is 0 Å². The number of hydrogen-bond acceptors (Lipinski definition) is 2. The van der Waals surface area contributed by atoms with E-state index in [0.717, 1.165) is 36.8 Å². The van der Waals surface area contributed by atoms with Crippen LogP contribution in [0.5, 0.6) is 5.75 Å². The van der Waals surface area contributed by atoms with E-state index in [0.29, 0.717) is 6.04 Å². The van der Waals surface area contributed by atoms with Crippen molar-refractivity contribution in [1.29, 1.82) is 0 Å². The molecule has 1 heterocycles. The van der Waals surface area contributed by atoms with E-state index in [2.05, 4.69) is 25.2 Å². The number of nitrogens with one attached hydrogen (secondary N) is 1. The van der Waals surface area contributed by atoms with Crippen LogP contribution in [0.1, 0.15) is 36.9 Å². The Bertz CT molecular complexity index is 378. The molecular formula is C13H18ClNO. The number of halogens is 1. The Morgan fingerprint density at radius 1 is 1.50 bits per heavy atom. The smallest absolute Gasteiger partial charge is 0.142 e. The zero-order valence-electron chi connectivity index (χ0n) is 9.85. The molecule has 16 heavy (non-hydrogen) atoms. The Labute approximate surface area is 102 Å². The maximum atomic E-state index is 6.23. The predicted octanol–water partition coefficient (Wildman–Crippen LogP) is 3.47. The van der Waals surface area contributed by atoms with E-state index < -0.39 is 0 Å². The Kier molecular flexibility index (Phi) is 3.72. The summed E-state index contributed by atoms with van der Waals surface area (Å²) in [5.74, 6) is 0.871. The number of ether oxygens (including phenoxy) is 1. The Morgan fingerprint density at radius 2 is 2.31 bits per heavy atom. The fourth-order valence-electron chi connectivity index (χ4n) is 2.24. The summed E-state index contributed by atoms with van der Waals surface area (Å²) in [6.45, 7) is 5.93. The first-order valence-electron chi connectivity index (χ1n) is 5.88. The molecule has 1 unspecified atom stereocenters. The summed E-state index contributed by atoms with van der Waals surface area (Å²) in [4.78, 5) is 0. The number of hydrogen-bond donors (Lipinski definition) is 1. The molecule has 1 aromatic rings. The third kappa shape index (κ3) is 2.33. The van der Waals surface area contributed by atoms with Crippen LogP contribution in [0.4, 0.5) is 0 Å². The van der Waals surface area contributed by atoms with Crippen molar-refractivity contribution in [3.63, 3.8) is 0 Å². The van der Waals surface area contributed by atoms with Crippen molar-refractivity contribution >= 4 is 11.6 Å². The van der Waals surface area contributed by atoms with Gasteiger partial charge in [0, 0.05) is 11.6 Å². The van der Waals surface area contributed by atoms with Crippen LogP contribution < -0.4 is 10.1 Å². The van der Waals surface area contributed by atoms with Crippen molar-refractivity contribution in [1.82, 2.24) is 5.32 Å². The monoisotopic (exact) mass is 239 g/mol. The maximum absolute atomic E-state index is 6.23. The summed E-state index contributed by atoms with van der Waals surface area (Å²) < 4.78 is 5.74. The Hall–Kier alpha value is -0.730. The second kappa shape index (κ2) is 5.07. The third-order valence-corrected chi connectivity index (χ3v) is 3.21. The molecule has 0 spiro atoms. The van der Waals surface area contributed by atoms with Gasteiger partial charge in [-0.05, 0) is 37.9 Å². The molecular weight excluding hydrogens is 222 g/mol. The predicted molar refractivity (Wildman–Crippen MR) is 67.3 cm³/mol. The highest BCUT2D eigenvalue weighted by Crippen LogP contribution is 2.37. The first-order chi connectivity index (χ1) is 7.72. The SMILES string of the molecule is CCNC1CCCOc2c(Cl)cc(C)cc21. The Balaban J connectivity index is 2.43. The molecule has 0 saturated carbocycles. The summed E-state index contributed by atoms with van der Waals surface area (Å²) in [5, 5.41) is 4.23. The highest BCUT2D eigenvalue weighted by Gasteiger charge is 2.21. The minimum atomic E-state index is 0.375. The molecule has 2 rings (SSSR count). The molecule has 88 valence electrons. The molecule has 0 fully saturated rings. The quantitative estimate of drug-likeness (QED) is 0.853. The van der Waals surface area contributed by atoms with E-state index in [1.807, 2.05) is 6.07 Å². The van der Waals surface area contributed by atoms with Crippen molar-refractivity contribution in [2.75, 3.05) is 13.2 Å². The zero-order valence-corrected chi connectivity index (χ0v) is 10.6. The molecule has 3 heteroatoms. The Morgan fingerprint density at radius 3 is 3.06 bits per heavy atom. The van der Waals surface area contributed by atoms with Gasteiger partial charge in [-0.1, -0.05) is 24.6 Å². The maximum Gasteiger partial charge on any atom is 0.142 e. The van der Waals surface area contributed by atoms with Crippen LogP contribution in [-0.4, -0.2) is 13.2 Å². The van der Waals surface area contributed by atoms with E-state index in [-0.39, 0.29) is 0 Å². The molecule has 0 saturated heterocycles. The average molecular weight is 240 g/mol. The van der Waals surface area contributed by atoms with Crippen LogP contribution in [0.2, 0.25) is 5.02 Å². The minimum absolute atomic E-state index is 0.375. The largest absolute Gasteiger partial charge is 0.492 e. The van der Waals surface area contributed by atoms with Crippen molar-refractivity contribution in [3.8, 4) is 5.75 Å². The molecule has 1 N–H and O–H groups in total. The van der Waals surface area contributed by atoms with Gasteiger partial charge in [-0.3, -0.25) is 0 Å². The second-order valence-corrected chi connectivity index (χ2v) is 4.67. The van der Waals surface area contributed by atoms with Gasteiger partial charge in [0.05, 0.1) is 11.6 Å². The first kappa shape index (κ1) is 11.7. The van der Waals surface area contributed by atoms with Gasteiger partial charge in [-0.15, -0.1) is 0 Å². The summed E-state index contributed by atoms with van der Waals surface area (Å²) in [6, 6.07) is 4.52. The van der Waals surface area contributed by atoms with Gasteiger partial charge in [0.25, 0.3) is 0 Å². The van der Waals surface area contributed by atoms with Gasteiger partial charge in [-0.25, -0.2) is 0 Å². The van der Waals surface area contributed by atoms with Crippen molar-refractivity contribution in [3.05, 3.63) is 28.3 Å². The summed E-state index contributed by atoms with van der Waals surface area (Å²) in [5.41, 5.74) is 2.40. The lowest BCUT2D eigenvalue weighted by molar-refractivity contribution is 0.315. The van der Waals surface area contributed by atoms with E-state index in [4.69, 9.17) is 16.3 Å². The van der Waals surface area contributed by atoms with Gasteiger partial charge in [0.1, 0.15) is 5.75 Å². The van der Waals surface area contributed by atoms with E-state index in [1.165, 1.54) is 11.1 Å². The average Bonchev–Trinajstić information content (AvgIpc) is 2.42. The summed E-state index contributed by atoms with van der Waals surface area (Å²) in [6.07, 6.45) is 2.18. The van der Waals surface area contributed by atoms with Crippen LogP contribution in [0, 0.1) is 6.92 Å². The third-order valence-electron chi connectivity index (χ3n) is 2.93. The lowest BCUT2D eigenvalue weighted by Crippen LogP contribution is -2.20. The minimum Gasteiger partial charge on any atom is -0.492 e. The van der Waals surface area contributed by atoms with E-state index in [9.17, 15) is 0 Å². The summed E-state index contributed by atoms with van der Waals surface area (Å²) in [7, 11) is 0. The standard InChI is InChI=1S/C13H18ClNO/c1-3-15-12-5-4-6-16-13-10(12)7-9(2)8-11(13)14/h7-8,12,15H,3-6H2,1-2H3. The zero-order chi connectivity index (χ0) is 11.5. The molecule has 1 atom stereocenters. The number of aryl methyl sites for hydroxylation is 1. The number of benzene rings is 1. The van der Waals surface area contributed by atoms with Crippen molar-refractivity contribution < 1.29 is 4.74 Å². The fraction of sp³-hybridized carbons (Fsp3) is 0.538. The summed E-state index contributed by atoms with van der Waals surface area (Å²) >= 11 is 6.23. The topological polar surface area (TPSA) is 21.3 Å². The highest BCUT2D eigenvalue weighted by atomic mass is 35.5. The molecule has 0 bridgehead atoms. The highest BCUT2D eigenvalue weighted by molar-refractivity contribution is 6.32. The lowest BCUT2D eigenvalue weighted by Gasteiger charge is -2.18. The van der Waals surface area contributed by atoms with Gasteiger partial charge in [0.2, 0.25) is 0 Å². The lowest BCUT2D eigenvalue weighted by atomic mass is 10.00. The van der Waals surface area contributed by atoms with Gasteiger partial charge in [-0.2, -0.15) is 0 Å². The van der Waals surface area contributed by atoms with E-state index >= 15 is 0 Å². The molecule has 0 aromatic heterocycles. The molecule has 1 aromatic carbocycles. The van der Waals surface area contributed by atoms with Crippen LogP contribution in [0.25, 0.3) is 0 Å². The van der Waals surface area contributed by atoms with Gasteiger partial charge >= 0.3 is 0 Å². The molecule has 0 amide bonds. The van der Waals surface area contributed by atoms with Crippen molar-refractivity contribution in [2.45, 2.75) is 32.7 Å². The number of rotatable bonds is 2. The first-order valence-corrected chi connectivity index (χ1v) is 6.26. The van der Waals surface area contributed by atoms with Crippen LogP contribution in [0.3, 0.4) is 0 Å². The molecule has 0 aliphatic carbocycles. The fourth-order valence-corrected chi connectivity index (χ4v) is 2.58. The second-order valence-electron chi connectivity index (χ2n) is 4.27. The molecule has 1 aliphatic heterocycles. The van der Waals surface area contributed by atoms with Crippen LogP contribution in [-0.2, 0) is 0 Å². The van der Waals surface area contributed by atoms with Crippen LogP contribution >= 0.6 is 11.6 Å². The van der Waals surface area contributed by atoms with Gasteiger partial charge < -0.3 is 10.1 Å². The molecule has 2 nitrogen and oxygen atoms in total. The number of fused-ring (bicyclic) bond motifs is 1. The molecule has 0 radical (unpaired) electrons. The van der Waals surface area contributed by atoms with Crippen LogP contribution in [0.15, 0.2) is 12.1 Å². The van der Waals surface area contributed by atoms with E-state index in [1.54, 1.807) is 0 Å².